The second-order valence-electron chi connectivity index (χ2n) is 7.44. The van der Waals surface area contributed by atoms with Gasteiger partial charge in [0.1, 0.15) is 5.82 Å². The van der Waals surface area contributed by atoms with Gasteiger partial charge < -0.3 is 24.8 Å². The van der Waals surface area contributed by atoms with E-state index in [1.807, 2.05) is 36.5 Å². The molecule has 1 atom stereocenters. The van der Waals surface area contributed by atoms with Gasteiger partial charge in [-0.05, 0) is 42.7 Å². The molecule has 0 aliphatic rings. The lowest BCUT2D eigenvalue weighted by atomic mass is 10.0. The summed E-state index contributed by atoms with van der Waals surface area (Å²) in [4.78, 5) is 22.7. The van der Waals surface area contributed by atoms with Gasteiger partial charge in [0.15, 0.2) is 11.5 Å². The summed E-state index contributed by atoms with van der Waals surface area (Å²) in [5.41, 5.74) is 3.86. The van der Waals surface area contributed by atoms with Crippen LogP contribution in [0.3, 0.4) is 0 Å². The lowest BCUT2D eigenvalue weighted by Crippen LogP contribution is -2.26. The highest BCUT2D eigenvalue weighted by Gasteiger charge is 2.17. The molecule has 0 unspecified atom stereocenters. The fourth-order valence-electron chi connectivity index (χ4n) is 3.81. The molecule has 160 valence electrons. The van der Waals surface area contributed by atoms with Crippen LogP contribution in [0, 0.1) is 6.92 Å². The van der Waals surface area contributed by atoms with Crippen LogP contribution < -0.4 is 20.3 Å². The van der Waals surface area contributed by atoms with Gasteiger partial charge in [0.25, 0.3) is 5.56 Å². The summed E-state index contributed by atoms with van der Waals surface area (Å²) in [6.45, 7) is 2.38. The normalized spacial score (nSPS) is 12.1. The standard InChI is InChI=1S/C24H26N4O3/c1-15-27-21(12-24(29)28-15)20(11-17-14-26-19-7-5-4-6-18(17)19)25-13-16-8-9-22(30-2)23(10-16)31-3/h4-10,12,14,20,25-26H,11,13H2,1-3H3,(H,27,28,29)/t20-/m1/s1. The topological polar surface area (TPSA) is 92.0 Å². The van der Waals surface area contributed by atoms with Crippen molar-refractivity contribution < 1.29 is 9.47 Å². The maximum Gasteiger partial charge on any atom is 0.251 e. The average molecular weight is 418 g/mol. The minimum atomic E-state index is -0.153. The van der Waals surface area contributed by atoms with Crippen LogP contribution in [0.5, 0.6) is 11.5 Å². The molecule has 0 saturated heterocycles. The van der Waals surface area contributed by atoms with Crippen molar-refractivity contribution in [2.45, 2.75) is 25.9 Å². The minimum absolute atomic E-state index is 0.145. The summed E-state index contributed by atoms with van der Waals surface area (Å²) >= 11 is 0. The molecule has 4 rings (SSSR count). The zero-order valence-electron chi connectivity index (χ0n) is 17.9. The summed E-state index contributed by atoms with van der Waals surface area (Å²) in [7, 11) is 3.24. The molecular weight excluding hydrogens is 392 g/mol. The third kappa shape index (κ3) is 4.62. The van der Waals surface area contributed by atoms with Gasteiger partial charge in [-0.1, -0.05) is 24.3 Å². The van der Waals surface area contributed by atoms with Crippen LogP contribution in [0.1, 0.15) is 28.7 Å². The number of H-pyrrole nitrogens is 2. The molecule has 2 aromatic heterocycles. The van der Waals surface area contributed by atoms with E-state index in [0.29, 0.717) is 36.0 Å². The SMILES string of the molecule is COc1ccc(CN[C@H](Cc2c[nH]c3ccccc23)c2cc(=O)[nH]c(C)n2)cc1OC. The molecule has 3 N–H and O–H groups in total. The lowest BCUT2D eigenvalue weighted by molar-refractivity contribution is 0.354. The first-order valence-electron chi connectivity index (χ1n) is 10.1. The summed E-state index contributed by atoms with van der Waals surface area (Å²) in [5, 5.41) is 4.74. The van der Waals surface area contributed by atoms with E-state index < -0.39 is 0 Å². The first-order valence-corrected chi connectivity index (χ1v) is 10.1. The highest BCUT2D eigenvalue weighted by Crippen LogP contribution is 2.28. The van der Waals surface area contributed by atoms with Crippen LogP contribution in [0.15, 0.2) is 59.5 Å². The first kappa shape index (κ1) is 20.7. The Morgan fingerprint density at radius 1 is 1.06 bits per heavy atom. The average Bonchev–Trinajstić information content (AvgIpc) is 3.18. The maximum absolute atomic E-state index is 12.1. The molecule has 7 heteroatoms. The van der Waals surface area contributed by atoms with Crippen LogP contribution in [0.2, 0.25) is 0 Å². The summed E-state index contributed by atoms with van der Waals surface area (Å²) in [6, 6.07) is 15.4. The quantitative estimate of drug-likeness (QED) is 0.406. The van der Waals surface area contributed by atoms with Crippen LogP contribution in [-0.2, 0) is 13.0 Å². The van der Waals surface area contributed by atoms with E-state index >= 15 is 0 Å². The van der Waals surface area contributed by atoms with Crippen LogP contribution >= 0.6 is 0 Å². The maximum atomic E-state index is 12.1. The molecule has 2 aromatic carbocycles. The third-order valence-corrected chi connectivity index (χ3v) is 5.34. The molecule has 31 heavy (non-hydrogen) atoms. The van der Waals surface area contributed by atoms with E-state index in [9.17, 15) is 4.79 Å². The van der Waals surface area contributed by atoms with Crippen molar-refractivity contribution in [2.75, 3.05) is 14.2 Å². The van der Waals surface area contributed by atoms with Crippen molar-refractivity contribution in [1.82, 2.24) is 20.3 Å². The number of aryl methyl sites for hydroxylation is 1. The van der Waals surface area contributed by atoms with Crippen molar-refractivity contribution in [3.05, 3.63) is 87.7 Å². The predicted octanol–water partition coefficient (Wildman–Crippen LogP) is 3.65. The first-order chi connectivity index (χ1) is 15.1. The number of hydrogen-bond donors (Lipinski definition) is 3. The third-order valence-electron chi connectivity index (χ3n) is 5.34. The minimum Gasteiger partial charge on any atom is -0.493 e. The molecule has 0 fully saturated rings. The zero-order chi connectivity index (χ0) is 21.8. The Bertz CT molecular complexity index is 1250. The Hall–Kier alpha value is -3.58. The number of nitrogens with one attached hydrogen (secondary N) is 3. The van der Waals surface area contributed by atoms with Crippen LogP contribution in [0.25, 0.3) is 10.9 Å². The van der Waals surface area contributed by atoms with Gasteiger partial charge in [-0.2, -0.15) is 0 Å². The predicted molar refractivity (Wildman–Crippen MR) is 121 cm³/mol. The number of rotatable bonds is 8. The Balaban J connectivity index is 1.63. The van der Waals surface area contributed by atoms with E-state index in [1.54, 1.807) is 27.2 Å². The number of para-hydroxylation sites is 1. The van der Waals surface area contributed by atoms with Crippen molar-refractivity contribution >= 4 is 10.9 Å². The molecular formula is C24H26N4O3. The highest BCUT2D eigenvalue weighted by molar-refractivity contribution is 5.83. The number of methoxy groups -OCH3 is 2. The summed E-state index contributed by atoms with van der Waals surface area (Å²) < 4.78 is 10.7. The molecule has 0 bridgehead atoms. The zero-order valence-corrected chi connectivity index (χ0v) is 17.9. The molecule has 0 radical (unpaired) electrons. The monoisotopic (exact) mass is 418 g/mol. The van der Waals surface area contributed by atoms with Gasteiger partial charge in [-0.3, -0.25) is 4.79 Å². The van der Waals surface area contributed by atoms with Gasteiger partial charge in [-0.25, -0.2) is 4.98 Å². The Kier molecular flexibility index (Phi) is 6.04. The molecule has 0 spiro atoms. The molecule has 0 aliphatic heterocycles. The molecule has 0 amide bonds. The van der Waals surface area contributed by atoms with Crippen molar-refractivity contribution in [3.63, 3.8) is 0 Å². The Morgan fingerprint density at radius 2 is 1.87 bits per heavy atom. The van der Waals surface area contributed by atoms with Gasteiger partial charge in [-0.15, -0.1) is 0 Å². The number of hydrogen-bond acceptors (Lipinski definition) is 5. The number of benzene rings is 2. The number of fused-ring (bicyclic) bond motifs is 1. The molecule has 7 nitrogen and oxygen atoms in total. The largest absolute Gasteiger partial charge is 0.493 e. The molecule has 0 saturated carbocycles. The number of ether oxygens (including phenoxy) is 2. The van der Waals surface area contributed by atoms with E-state index in [2.05, 4.69) is 32.4 Å². The fraction of sp³-hybridized carbons (Fsp3) is 0.250. The number of aromatic nitrogens is 3. The number of nitrogens with zero attached hydrogens (tertiary/aromatic N) is 1. The highest BCUT2D eigenvalue weighted by atomic mass is 16.5. The molecule has 4 aromatic rings. The van der Waals surface area contributed by atoms with Crippen molar-refractivity contribution in [3.8, 4) is 11.5 Å². The van der Waals surface area contributed by atoms with Gasteiger partial charge in [0, 0.05) is 29.7 Å². The lowest BCUT2D eigenvalue weighted by Gasteiger charge is -2.19. The molecule has 0 aliphatic carbocycles. The summed E-state index contributed by atoms with van der Waals surface area (Å²) in [5.74, 6) is 1.97. The smallest absolute Gasteiger partial charge is 0.251 e. The van der Waals surface area contributed by atoms with Gasteiger partial charge in [0.2, 0.25) is 0 Å². The van der Waals surface area contributed by atoms with Crippen molar-refractivity contribution in [1.29, 1.82) is 0 Å². The van der Waals surface area contributed by atoms with Gasteiger partial charge >= 0.3 is 0 Å². The second kappa shape index (κ2) is 9.06. The van der Waals surface area contributed by atoms with Crippen LogP contribution in [-0.4, -0.2) is 29.2 Å². The number of aromatic amines is 2. The molecule has 2 heterocycles. The summed E-state index contributed by atoms with van der Waals surface area (Å²) in [6.07, 6.45) is 2.71. The van der Waals surface area contributed by atoms with Gasteiger partial charge in [0.05, 0.1) is 26.0 Å². The van der Waals surface area contributed by atoms with E-state index in [-0.39, 0.29) is 11.6 Å². The Labute approximate surface area is 180 Å². The van der Waals surface area contributed by atoms with Crippen LogP contribution in [0.4, 0.5) is 0 Å². The Morgan fingerprint density at radius 3 is 2.65 bits per heavy atom. The fourth-order valence-corrected chi connectivity index (χ4v) is 3.81. The van der Waals surface area contributed by atoms with E-state index in [0.717, 1.165) is 11.1 Å². The second-order valence-corrected chi connectivity index (χ2v) is 7.44. The van der Waals surface area contributed by atoms with Crippen molar-refractivity contribution in [2.24, 2.45) is 0 Å². The van der Waals surface area contributed by atoms with E-state index in [1.165, 1.54) is 10.9 Å². The van der Waals surface area contributed by atoms with E-state index in [4.69, 9.17) is 9.47 Å².